The third kappa shape index (κ3) is 6.25. The summed E-state index contributed by atoms with van der Waals surface area (Å²) in [5.74, 6) is 0.920. The molecule has 53 heavy (non-hydrogen) atoms. The first-order chi connectivity index (χ1) is 25.1. The van der Waals surface area contributed by atoms with E-state index in [0.717, 1.165) is 45.2 Å². The number of likely N-dealkylation sites (tertiary alicyclic amines) is 1. The molecule has 4 heterocycles. The van der Waals surface area contributed by atoms with Gasteiger partial charge in [0.05, 0.1) is 22.7 Å². The molecule has 3 aromatic carbocycles. The molecule has 3 aliphatic heterocycles. The highest BCUT2D eigenvalue weighted by molar-refractivity contribution is 6.05. The second kappa shape index (κ2) is 13.3. The number of hydrogen-bond donors (Lipinski definition) is 2. The third-order valence-electron chi connectivity index (χ3n) is 11.8. The predicted octanol–water partition coefficient (Wildman–Crippen LogP) is 6.90. The van der Waals surface area contributed by atoms with Crippen molar-refractivity contribution < 1.29 is 28.5 Å². The Bertz CT molecular complexity index is 2180. The summed E-state index contributed by atoms with van der Waals surface area (Å²) >= 11 is 0. The molecular weight excluding hydrogens is 676 g/mol. The standard InChI is InChI=1S/C42H47F2N5O4/c1-8-27-31(43)13-12-25-20-26(50)21-28(34(25)27)35-30(41(5,6)52)22-29-37(36(35)44)45-39(53-24-42-14-10-17-48(42)18-11-15-42)46-38(29)47(7)23-32-40(3,4)16-19-49(32)33(51)9-2/h1,9,12-13,20-22,32,50,52H,2,10-11,14-19,23-24H2,3-7H3/t32-/m1/s1. The number of fused-ring (bicyclic) bond motifs is 3. The molecule has 1 amide bonds. The van der Waals surface area contributed by atoms with Gasteiger partial charge in [-0.3, -0.25) is 9.69 Å². The fourth-order valence-electron chi connectivity index (χ4n) is 8.94. The quantitative estimate of drug-likeness (QED) is 0.142. The number of phenols is 1. The monoisotopic (exact) mass is 723 g/mol. The first-order valence-electron chi connectivity index (χ1n) is 18.3. The van der Waals surface area contributed by atoms with Gasteiger partial charge in [-0.25, -0.2) is 8.78 Å². The number of nitrogens with zero attached hydrogens (tertiary/aromatic N) is 5. The van der Waals surface area contributed by atoms with E-state index in [9.17, 15) is 15.0 Å². The first kappa shape index (κ1) is 36.6. The maximum atomic E-state index is 17.7. The van der Waals surface area contributed by atoms with Crippen LogP contribution in [-0.2, 0) is 10.4 Å². The van der Waals surface area contributed by atoms with E-state index < -0.39 is 17.2 Å². The molecule has 1 aromatic heterocycles. The molecule has 4 aromatic rings. The number of carbonyl (C=O) groups is 1. The summed E-state index contributed by atoms with van der Waals surface area (Å²) in [6.45, 7) is 14.3. The van der Waals surface area contributed by atoms with Gasteiger partial charge in [0.25, 0.3) is 0 Å². The van der Waals surface area contributed by atoms with Crippen LogP contribution in [0.15, 0.2) is 43.0 Å². The summed E-state index contributed by atoms with van der Waals surface area (Å²) in [6, 6.07) is 6.86. The molecule has 11 heteroatoms. The van der Waals surface area contributed by atoms with Crippen LogP contribution in [0.5, 0.6) is 11.8 Å². The van der Waals surface area contributed by atoms with E-state index >= 15 is 8.78 Å². The molecule has 7 rings (SSSR count). The number of halogens is 2. The Labute approximate surface area is 309 Å². The normalized spacial score (nSPS) is 19.5. The number of aliphatic hydroxyl groups is 1. The van der Waals surface area contributed by atoms with E-state index in [-0.39, 0.29) is 67.8 Å². The van der Waals surface area contributed by atoms with Crippen molar-refractivity contribution in [2.75, 3.05) is 44.7 Å². The van der Waals surface area contributed by atoms with Crippen molar-refractivity contribution >= 4 is 33.4 Å². The summed E-state index contributed by atoms with van der Waals surface area (Å²) in [5, 5.41) is 23.4. The Hall–Kier alpha value is -4.79. The maximum Gasteiger partial charge on any atom is 0.319 e. The number of carbonyl (C=O) groups excluding carboxylic acids is 1. The van der Waals surface area contributed by atoms with Gasteiger partial charge in [-0.05, 0) is 111 Å². The van der Waals surface area contributed by atoms with Gasteiger partial charge in [0.15, 0.2) is 5.82 Å². The zero-order chi connectivity index (χ0) is 38.0. The molecule has 278 valence electrons. The lowest BCUT2D eigenvalue weighted by atomic mass is 9.84. The number of terminal acetylenes is 1. The third-order valence-corrected chi connectivity index (χ3v) is 11.8. The van der Waals surface area contributed by atoms with E-state index in [1.807, 2.05) is 16.8 Å². The number of likely N-dealkylation sites (N-methyl/N-ethyl adjacent to an activating group) is 1. The van der Waals surface area contributed by atoms with Crippen molar-refractivity contribution in [2.45, 2.75) is 77.0 Å². The molecule has 0 radical (unpaired) electrons. The highest BCUT2D eigenvalue weighted by Crippen LogP contribution is 2.46. The SMILES string of the molecule is C#Cc1c(F)ccc2cc(O)cc(-c3c(C(C)(C)O)cc4c(N(C)C[C@H]5N(C(=O)C=C)CCC5(C)C)nc(OCC56CCCN5CCC6)nc4c3F)c12. The zero-order valence-electron chi connectivity index (χ0n) is 31.1. The second-order valence-electron chi connectivity index (χ2n) is 16.1. The van der Waals surface area contributed by atoms with E-state index in [1.54, 1.807) is 6.07 Å². The molecule has 3 saturated heterocycles. The van der Waals surface area contributed by atoms with Crippen LogP contribution in [0.4, 0.5) is 14.6 Å². The minimum Gasteiger partial charge on any atom is -0.508 e. The minimum atomic E-state index is -1.63. The molecule has 3 fully saturated rings. The first-order valence-corrected chi connectivity index (χ1v) is 18.3. The molecule has 2 N–H and O–H groups in total. The number of phenolic OH excluding ortho intramolecular Hbond substituents is 1. The highest BCUT2D eigenvalue weighted by Gasteiger charge is 2.46. The molecule has 1 atom stereocenters. The van der Waals surface area contributed by atoms with Crippen molar-refractivity contribution in [2.24, 2.45) is 5.41 Å². The number of rotatable bonds is 9. The molecule has 9 nitrogen and oxygen atoms in total. The average molecular weight is 724 g/mol. The Balaban J connectivity index is 1.46. The lowest BCUT2D eigenvalue weighted by Crippen LogP contribution is -2.47. The van der Waals surface area contributed by atoms with Crippen molar-refractivity contribution in [3.8, 4) is 35.2 Å². The number of ether oxygens (including phenoxy) is 1. The average Bonchev–Trinajstić information content (AvgIpc) is 3.78. The number of amides is 1. The Morgan fingerprint density at radius 2 is 1.87 bits per heavy atom. The number of aromatic hydroxyl groups is 1. The summed E-state index contributed by atoms with van der Waals surface area (Å²) in [5.41, 5.74) is -1.99. The summed E-state index contributed by atoms with van der Waals surface area (Å²) in [4.78, 5) is 28.7. The lowest BCUT2D eigenvalue weighted by Gasteiger charge is -2.36. The predicted molar refractivity (Wildman–Crippen MR) is 203 cm³/mol. The largest absolute Gasteiger partial charge is 0.508 e. The molecule has 0 bridgehead atoms. The Morgan fingerprint density at radius 3 is 2.53 bits per heavy atom. The number of anilines is 1. The highest BCUT2D eigenvalue weighted by atomic mass is 19.1. The molecular formula is C42H47F2N5O4. The van der Waals surface area contributed by atoms with Gasteiger partial charge in [0, 0.05) is 36.5 Å². The van der Waals surface area contributed by atoms with Gasteiger partial charge >= 0.3 is 6.01 Å². The van der Waals surface area contributed by atoms with Crippen LogP contribution in [0, 0.1) is 29.4 Å². The lowest BCUT2D eigenvalue weighted by molar-refractivity contribution is -0.127. The van der Waals surface area contributed by atoms with Gasteiger partial charge in [-0.2, -0.15) is 9.97 Å². The molecule has 3 aliphatic rings. The Kier molecular flexibility index (Phi) is 9.14. The van der Waals surface area contributed by atoms with Crippen molar-refractivity contribution in [1.82, 2.24) is 19.8 Å². The van der Waals surface area contributed by atoms with Crippen LogP contribution in [0.2, 0.25) is 0 Å². The summed E-state index contributed by atoms with van der Waals surface area (Å²) < 4.78 is 39.3. The van der Waals surface area contributed by atoms with Gasteiger partial charge in [0.1, 0.15) is 29.5 Å². The second-order valence-corrected chi connectivity index (χ2v) is 16.1. The van der Waals surface area contributed by atoms with Gasteiger partial charge in [0.2, 0.25) is 5.91 Å². The van der Waals surface area contributed by atoms with Crippen molar-refractivity contribution in [1.29, 1.82) is 0 Å². The summed E-state index contributed by atoms with van der Waals surface area (Å²) in [7, 11) is 1.84. The Morgan fingerprint density at radius 1 is 1.15 bits per heavy atom. The molecule has 0 saturated carbocycles. The van der Waals surface area contributed by atoms with Gasteiger partial charge < -0.3 is 24.7 Å². The van der Waals surface area contributed by atoms with Crippen LogP contribution in [0.1, 0.15) is 70.9 Å². The number of hydrogen-bond acceptors (Lipinski definition) is 8. The van der Waals surface area contributed by atoms with Gasteiger partial charge in [-0.15, -0.1) is 6.42 Å². The maximum absolute atomic E-state index is 17.7. The van der Waals surface area contributed by atoms with E-state index in [1.165, 1.54) is 44.2 Å². The van der Waals surface area contributed by atoms with Crippen molar-refractivity contribution in [3.05, 3.63) is 65.7 Å². The van der Waals surface area contributed by atoms with Gasteiger partial charge in [-0.1, -0.05) is 32.4 Å². The molecule has 0 unspecified atom stereocenters. The van der Waals surface area contributed by atoms with Crippen LogP contribution in [0.25, 0.3) is 32.8 Å². The van der Waals surface area contributed by atoms with Crippen LogP contribution >= 0.6 is 0 Å². The minimum absolute atomic E-state index is 0.00540. The topological polar surface area (TPSA) is 102 Å². The smallest absolute Gasteiger partial charge is 0.319 e. The molecule has 0 spiro atoms. The van der Waals surface area contributed by atoms with E-state index in [2.05, 4.69) is 36.2 Å². The zero-order valence-corrected chi connectivity index (χ0v) is 31.1. The fraction of sp³-hybridized carbons (Fsp3) is 0.452. The number of aromatic nitrogens is 2. The number of benzene rings is 3. The van der Waals surface area contributed by atoms with Crippen LogP contribution < -0.4 is 9.64 Å². The fourth-order valence-corrected chi connectivity index (χ4v) is 8.94. The van der Waals surface area contributed by atoms with Crippen LogP contribution in [-0.4, -0.2) is 87.3 Å². The van der Waals surface area contributed by atoms with Crippen LogP contribution in [0.3, 0.4) is 0 Å². The molecule has 0 aliphatic carbocycles. The van der Waals surface area contributed by atoms with E-state index in [0.29, 0.717) is 36.3 Å². The summed E-state index contributed by atoms with van der Waals surface area (Å²) in [6.07, 6.45) is 12.0. The van der Waals surface area contributed by atoms with E-state index in [4.69, 9.17) is 16.1 Å². The van der Waals surface area contributed by atoms with Crippen molar-refractivity contribution in [3.63, 3.8) is 0 Å².